The van der Waals surface area contributed by atoms with Gasteiger partial charge in [0.05, 0.1) is 6.61 Å². The van der Waals surface area contributed by atoms with Gasteiger partial charge in [-0.15, -0.1) is 0 Å². The predicted octanol–water partition coefficient (Wildman–Crippen LogP) is 2.74. The van der Waals surface area contributed by atoms with Crippen LogP contribution in [-0.4, -0.2) is 36.5 Å². The minimum Gasteiger partial charge on any atom is -0.494 e. The van der Waals surface area contributed by atoms with Gasteiger partial charge in [-0.05, 0) is 62.1 Å². The second-order valence-electron chi connectivity index (χ2n) is 7.09. The van der Waals surface area contributed by atoms with Gasteiger partial charge in [-0.2, -0.15) is 0 Å². The number of hydrogen-bond donors (Lipinski definition) is 1. The van der Waals surface area contributed by atoms with Crippen molar-refractivity contribution in [1.29, 1.82) is 0 Å². The van der Waals surface area contributed by atoms with Gasteiger partial charge in [-0.25, -0.2) is 0 Å². The van der Waals surface area contributed by atoms with Gasteiger partial charge in [0.25, 0.3) is 0 Å². The number of fused-ring (bicyclic) bond motifs is 1. The molecule has 3 unspecified atom stereocenters. The van der Waals surface area contributed by atoms with Crippen LogP contribution < -0.4 is 10.5 Å². The van der Waals surface area contributed by atoms with Crippen molar-refractivity contribution in [2.45, 2.75) is 45.1 Å². The average Bonchev–Trinajstić information content (AvgIpc) is 3.09. The molecule has 126 valence electrons. The van der Waals surface area contributed by atoms with E-state index in [1.807, 2.05) is 23.1 Å². The van der Waals surface area contributed by atoms with Crippen LogP contribution in [0.4, 0.5) is 0 Å². The topological polar surface area (TPSA) is 55.6 Å². The standard InChI is InChI=1S/C19H28N2O2/c1-14-5-4-6-16(11-14)23-10-3-2-7-19(22)21-12-15-8-9-18(20)17(15)13-21/h4-6,11,15,17-18H,2-3,7-10,12-13,20H2,1H3. The van der Waals surface area contributed by atoms with E-state index in [9.17, 15) is 4.79 Å². The Bertz CT molecular complexity index is 546. The first-order valence-electron chi connectivity index (χ1n) is 8.86. The van der Waals surface area contributed by atoms with E-state index in [4.69, 9.17) is 10.5 Å². The van der Waals surface area contributed by atoms with Crippen molar-refractivity contribution in [1.82, 2.24) is 4.90 Å². The molecule has 0 bridgehead atoms. The smallest absolute Gasteiger partial charge is 0.222 e. The Kier molecular flexibility index (Phi) is 5.21. The minimum absolute atomic E-state index is 0.294. The Morgan fingerprint density at radius 2 is 2.17 bits per heavy atom. The second kappa shape index (κ2) is 7.35. The van der Waals surface area contributed by atoms with E-state index in [1.54, 1.807) is 0 Å². The maximum Gasteiger partial charge on any atom is 0.222 e. The first-order valence-corrected chi connectivity index (χ1v) is 8.86. The summed E-state index contributed by atoms with van der Waals surface area (Å²) in [7, 11) is 0. The predicted molar refractivity (Wildman–Crippen MR) is 91.3 cm³/mol. The van der Waals surface area contributed by atoms with Crippen molar-refractivity contribution in [3.05, 3.63) is 29.8 Å². The third kappa shape index (κ3) is 4.05. The summed E-state index contributed by atoms with van der Waals surface area (Å²) < 4.78 is 5.73. The Labute approximate surface area is 139 Å². The van der Waals surface area contributed by atoms with E-state index >= 15 is 0 Å². The zero-order valence-electron chi connectivity index (χ0n) is 14.0. The summed E-state index contributed by atoms with van der Waals surface area (Å²) in [6.07, 6.45) is 4.77. The number of carbonyl (C=O) groups excluding carboxylic acids is 1. The lowest BCUT2D eigenvalue weighted by Gasteiger charge is -2.18. The van der Waals surface area contributed by atoms with Gasteiger partial charge in [0.15, 0.2) is 0 Å². The summed E-state index contributed by atoms with van der Waals surface area (Å²) >= 11 is 0. The Morgan fingerprint density at radius 1 is 1.30 bits per heavy atom. The summed E-state index contributed by atoms with van der Waals surface area (Å²) in [6, 6.07) is 8.38. The van der Waals surface area contributed by atoms with Crippen LogP contribution in [0.15, 0.2) is 24.3 Å². The van der Waals surface area contributed by atoms with Gasteiger partial charge in [0, 0.05) is 25.6 Å². The molecule has 2 aliphatic rings. The van der Waals surface area contributed by atoms with Crippen LogP contribution in [0.25, 0.3) is 0 Å². The summed E-state index contributed by atoms with van der Waals surface area (Å²) in [4.78, 5) is 14.3. The van der Waals surface area contributed by atoms with Crippen LogP contribution in [-0.2, 0) is 4.79 Å². The molecular weight excluding hydrogens is 288 g/mol. The van der Waals surface area contributed by atoms with Gasteiger partial charge in [-0.1, -0.05) is 12.1 Å². The number of aryl methyl sites for hydroxylation is 1. The number of likely N-dealkylation sites (tertiary alicyclic amines) is 1. The van der Waals surface area contributed by atoms with Crippen LogP contribution in [0.1, 0.15) is 37.7 Å². The molecule has 1 amide bonds. The van der Waals surface area contributed by atoms with E-state index in [-0.39, 0.29) is 0 Å². The maximum absolute atomic E-state index is 12.3. The van der Waals surface area contributed by atoms with Crippen molar-refractivity contribution in [2.24, 2.45) is 17.6 Å². The Balaban J connectivity index is 1.32. The van der Waals surface area contributed by atoms with E-state index < -0.39 is 0 Å². The SMILES string of the molecule is Cc1cccc(OCCCCC(=O)N2CC3CCC(N)C3C2)c1. The summed E-state index contributed by atoms with van der Waals surface area (Å²) in [6.45, 7) is 4.54. The highest BCUT2D eigenvalue weighted by Crippen LogP contribution is 2.37. The number of rotatable bonds is 6. The molecule has 1 heterocycles. The van der Waals surface area contributed by atoms with Gasteiger partial charge >= 0.3 is 0 Å². The van der Waals surface area contributed by atoms with Gasteiger partial charge in [0.2, 0.25) is 5.91 Å². The molecule has 0 aromatic heterocycles. The normalized spacial score (nSPS) is 26.3. The van der Waals surface area contributed by atoms with Crippen LogP contribution in [0.3, 0.4) is 0 Å². The zero-order chi connectivity index (χ0) is 16.2. The molecule has 2 fully saturated rings. The highest BCUT2D eigenvalue weighted by Gasteiger charge is 2.42. The number of ether oxygens (including phenoxy) is 1. The molecule has 4 nitrogen and oxygen atoms in total. The van der Waals surface area contributed by atoms with Crippen molar-refractivity contribution < 1.29 is 9.53 Å². The monoisotopic (exact) mass is 316 g/mol. The van der Waals surface area contributed by atoms with Crippen LogP contribution in [0.2, 0.25) is 0 Å². The van der Waals surface area contributed by atoms with Crippen molar-refractivity contribution in [3.63, 3.8) is 0 Å². The molecule has 3 rings (SSSR count). The fraction of sp³-hybridized carbons (Fsp3) is 0.632. The first-order chi connectivity index (χ1) is 11.1. The van der Waals surface area contributed by atoms with E-state index in [0.29, 0.717) is 36.8 Å². The summed E-state index contributed by atoms with van der Waals surface area (Å²) in [5, 5.41) is 0. The molecule has 2 N–H and O–H groups in total. The van der Waals surface area contributed by atoms with Gasteiger partial charge in [-0.3, -0.25) is 4.79 Å². The Hall–Kier alpha value is -1.55. The highest BCUT2D eigenvalue weighted by atomic mass is 16.5. The number of unbranched alkanes of at least 4 members (excludes halogenated alkanes) is 1. The van der Waals surface area contributed by atoms with Crippen molar-refractivity contribution in [2.75, 3.05) is 19.7 Å². The molecular formula is C19H28N2O2. The highest BCUT2D eigenvalue weighted by molar-refractivity contribution is 5.76. The largest absolute Gasteiger partial charge is 0.494 e. The van der Waals surface area contributed by atoms with Crippen LogP contribution in [0, 0.1) is 18.8 Å². The van der Waals surface area contributed by atoms with Crippen molar-refractivity contribution >= 4 is 5.91 Å². The lowest BCUT2D eigenvalue weighted by molar-refractivity contribution is -0.130. The van der Waals surface area contributed by atoms with Crippen LogP contribution in [0.5, 0.6) is 5.75 Å². The molecule has 1 aliphatic heterocycles. The van der Waals surface area contributed by atoms with Crippen LogP contribution >= 0.6 is 0 Å². The van der Waals surface area contributed by atoms with E-state index in [2.05, 4.69) is 13.0 Å². The molecule has 0 spiro atoms. The quantitative estimate of drug-likeness (QED) is 0.821. The molecule has 23 heavy (non-hydrogen) atoms. The molecule has 1 saturated heterocycles. The molecule has 1 saturated carbocycles. The average molecular weight is 316 g/mol. The molecule has 1 aliphatic carbocycles. The zero-order valence-corrected chi connectivity index (χ0v) is 14.0. The number of hydrogen-bond acceptors (Lipinski definition) is 3. The molecule has 3 atom stereocenters. The Morgan fingerprint density at radius 3 is 2.96 bits per heavy atom. The van der Waals surface area contributed by atoms with Crippen molar-refractivity contribution in [3.8, 4) is 5.75 Å². The molecule has 1 aromatic rings. The summed E-state index contributed by atoms with van der Waals surface area (Å²) in [5.74, 6) is 2.40. The fourth-order valence-electron chi connectivity index (χ4n) is 3.94. The van der Waals surface area contributed by atoms with E-state index in [1.165, 1.54) is 12.0 Å². The number of carbonyl (C=O) groups is 1. The number of benzene rings is 1. The second-order valence-corrected chi connectivity index (χ2v) is 7.09. The first kappa shape index (κ1) is 16.3. The lowest BCUT2D eigenvalue weighted by atomic mass is 9.98. The number of amides is 1. The summed E-state index contributed by atoms with van der Waals surface area (Å²) in [5.41, 5.74) is 7.34. The third-order valence-corrected chi connectivity index (χ3v) is 5.31. The minimum atomic E-state index is 0.294. The van der Waals surface area contributed by atoms with Gasteiger partial charge in [0.1, 0.15) is 5.75 Å². The fourth-order valence-corrected chi connectivity index (χ4v) is 3.94. The lowest BCUT2D eigenvalue weighted by Crippen LogP contribution is -2.33. The number of nitrogens with zero attached hydrogens (tertiary/aromatic N) is 1. The molecule has 1 aromatic carbocycles. The molecule has 0 radical (unpaired) electrons. The van der Waals surface area contributed by atoms with Gasteiger partial charge < -0.3 is 15.4 Å². The molecule has 4 heteroatoms. The van der Waals surface area contributed by atoms with E-state index in [0.717, 1.165) is 38.1 Å². The third-order valence-electron chi connectivity index (χ3n) is 5.31. The number of nitrogens with two attached hydrogens (primary N) is 1. The maximum atomic E-state index is 12.3.